The van der Waals surface area contributed by atoms with E-state index in [1.165, 1.54) is 5.56 Å². The molecule has 0 bridgehead atoms. The SMILES string of the molecule is CC(C)Cn1c(-c2ccc(C(C)(C)C)cc2)nc2nc3ccccc3nc21. The molecule has 0 aliphatic carbocycles. The summed E-state index contributed by atoms with van der Waals surface area (Å²) in [6, 6.07) is 16.7. The van der Waals surface area contributed by atoms with Gasteiger partial charge in [-0.1, -0.05) is 71.0 Å². The third kappa shape index (κ3) is 3.32. The minimum Gasteiger partial charge on any atom is -0.307 e. The normalized spacial score (nSPS) is 12.4. The van der Waals surface area contributed by atoms with E-state index in [4.69, 9.17) is 15.0 Å². The number of imidazole rings is 1. The molecule has 2 aromatic heterocycles. The average molecular weight is 358 g/mol. The predicted octanol–water partition coefficient (Wildman–Crippen LogP) is 5.60. The molecule has 0 spiro atoms. The van der Waals surface area contributed by atoms with E-state index in [2.05, 4.69) is 63.5 Å². The van der Waals surface area contributed by atoms with Crippen LogP contribution in [0.15, 0.2) is 48.5 Å². The molecule has 0 saturated heterocycles. The molecule has 0 fully saturated rings. The number of aromatic nitrogens is 4. The number of fused-ring (bicyclic) bond motifs is 2. The summed E-state index contributed by atoms with van der Waals surface area (Å²) < 4.78 is 2.21. The molecule has 4 aromatic rings. The zero-order valence-corrected chi connectivity index (χ0v) is 16.7. The van der Waals surface area contributed by atoms with Gasteiger partial charge in [-0.25, -0.2) is 15.0 Å². The van der Waals surface area contributed by atoms with Crippen LogP contribution in [0.5, 0.6) is 0 Å². The van der Waals surface area contributed by atoms with Crippen molar-refractivity contribution in [2.24, 2.45) is 5.92 Å². The van der Waals surface area contributed by atoms with Crippen molar-refractivity contribution >= 4 is 22.3 Å². The van der Waals surface area contributed by atoms with Crippen molar-refractivity contribution in [1.29, 1.82) is 0 Å². The van der Waals surface area contributed by atoms with Crippen molar-refractivity contribution in [3.05, 3.63) is 54.1 Å². The van der Waals surface area contributed by atoms with E-state index >= 15 is 0 Å². The smallest absolute Gasteiger partial charge is 0.198 e. The van der Waals surface area contributed by atoms with Gasteiger partial charge < -0.3 is 4.57 Å². The number of hydrogen-bond donors (Lipinski definition) is 0. The monoisotopic (exact) mass is 358 g/mol. The van der Waals surface area contributed by atoms with Gasteiger partial charge in [0.15, 0.2) is 11.3 Å². The summed E-state index contributed by atoms with van der Waals surface area (Å²) in [5.74, 6) is 1.43. The van der Waals surface area contributed by atoms with Crippen LogP contribution in [0.1, 0.15) is 40.2 Å². The lowest BCUT2D eigenvalue weighted by atomic mass is 9.87. The quantitative estimate of drug-likeness (QED) is 0.479. The summed E-state index contributed by atoms with van der Waals surface area (Å²) in [5, 5.41) is 0. The molecule has 4 nitrogen and oxygen atoms in total. The molecule has 0 aliphatic heterocycles. The predicted molar refractivity (Wildman–Crippen MR) is 112 cm³/mol. The molecule has 4 heteroatoms. The maximum Gasteiger partial charge on any atom is 0.198 e. The molecule has 2 heterocycles. The molecule has 0 amide bonds. The number of nitrogens with zero attached hydrogens (tertiary/aromatic N) is 4. The van der Waals surface area contributed by atoms with Gasteiger partial charge in [0.2, 0.25) is 0 Å². The molecule has 27 heavy (non-hydrogen) atoms. The van der Waals surface area contributed by atoms with E-state index in [9.17, 15) is 0 Å². The highest BCUT2D eigenvalue weighted by molar-refractivity contribution is 5.84. The summed E-state index contributed by atoms with van der Waals surface area (Å²) in [6.45, 7) is 12.0. The standard InChI is InChI=1S/C23H26N4/c1-15(2)14-27-21(16-10-12-17(13-11-16)23(3,4)5)26-20-22(27)25-19-9-7-6-8-18(19)24-20/h6-13,15H,14H2,1-5H3. The Morgan fingerprint density at radius 1 is 0.852 bits per heavy atom. The van der Waals surface area contributed by atoms with Crippen molar-refractivity contribution in [2.75, 3.05) is 0 Å². The van der Waals surface area contributed by atoms with Gasteiger partial charge in [0.05, 0.1) is 11.0 Å². The third-order valence-corrected chi connectivity index (χ3v) is 4.81. The van der Waals surface area contributed by atoms with Crippen LogP contribution in [0.2, 0.25) is 0 Å². The highest BCUT2D eigenvalue weighted by atomic mass is 15.2. The fourth-order valence-corrected chi connectivity index (χ4v) is 3.38. The lowest BCUT2D eigenvalue weighted by Gasteiger charge is -2.19. The molecular weight excluding hydrogens is 332 g/mol. The Morgan fingerprint density at radius 2 is 1.48 bits per heavy atom. The molecular formula is C23H26N4. The Labute approximate surface area is 160 Å². The van der Waals surface area contributed by atoms with Crippen LogP contribution in [0.25, 0.3) is 33.7 Å². The number of para-hydroxylation sites is 2. The van der Waals surface area contributed by atoms with Gasteiger partial charge in [0.1, 0.15) is 5.82 Å². The largest absolute Gasteiger partial charge is 0.307 e. The molecule has 0 atom stereocenters. The van der Waals surface area contributed by atoms with Gasteiger partial charge in [0.25, 0.3) is 0 Å². The minimum absolute atomic E-state index is 0.136. The molecule has 4 rings (SSSR count). The second kappa shape index (κ2) is 6.45. The fraction of sp³-hybridized carbons (Fsp3) is 0.348. The van der Waals surface area contributed by atoms with Crippen LogP contribution in [0, 0.1) is 5.92 Å². The van der Waals surface area contributed by atoms with Crippen LogP contribution in [-0.2, 0) is 12.0 Å². The molecule has 0 N–H and O–H groups in total. The van der Waals surface area contributed by atoms with E-state index in [0.717, 1.165) is 34.6 Å². The fourth-order valence-electron chi connectivity index (χ4n) is 3.38. The third-order valence-electron chi connectivity index (χ3n) is 4.81. The van der Waals surface area contributed by atoms with E-state index in [1.54, 1.807) is 0 Å². The Bertz CT molecular complexity index is 1100. The van der Waals surface area contributed by atoms with Gasteiger partial charge in [-0.3, -0.25) is 0 Å². The lowest BCUT2D eigenvalue weighted by Crippen LogP contribution is -2.11. The zero-order chi connectivity index (χ0) is 19.2. The number of benzene rings is 2. The first-order valence-electron chi connectivity index (χ1n) is 9.57. The van der Waals surface area contributed by atoms with Gasteiger partial charge in [-0.05, 0) is 29.0 Å². The molecule has 0 aliphatic rings. The molecule has 0 unspecified atom stereocenters. The number of rotatable bonds is 3. The second-order valence-corrected chi connectivity index (χ2v) is 8.63. The molecule has 138 valence electrons. The van der Waals surface area contributed by atoms with Crippen LogP contribution >= 0.6 is 0 Å². The topological polar surface area (TPSA) is 43.6 Å². The zero-order valence-electron chi connectivity index (χ0n) is 16.7. The highest BCUT2D eigenvalue weighted by Gasteiger charge is 2.18. The van der Waals surface area contributed by atoms with E-state index in [0.29, 0.717) is 11.6 Å². The molecule has 2 aromatic carbocycles. The Morgan fingerprint density at radius 3 is 2.07 bits per heavy atom. The Balaban J connectivity index is 1.91. The van der Waals surface area contributed by atoms with Gasteiger partial charge in [-0.15, -0.1) is 0 Å². The summed E-state index contributed by atoms with van der Waals surface area (Å²) in [6.07, 6.45) is 0. The van der Waals surface area contributed by atoms with Crippen molar-refractivity contribution in [3.63, 3.8) is 0 Å². The van der Waals surface area contributed by atoms with Crippen molar-refractivity contribution in [3.8, 4) is 11.4 Å². The summed E-state index contributed by atoms with van der Waals surface area (Å²) in [7, 11) is 0. The van der Waals surface area contributed by atoms with Crippen LogP contribution < -0.4 is 0 Å². The summed E-state index contributed by atoms with van der Waals surface area (Å²) >= 11 is 0. The van der Waals surface area contributed by atoms with Gasteiger partial charge >= 0.3 is 0 Å². The Kier molecular flexibility index (Phi) is 4.22. The van der Waals surface area contributed by atoms with Crippen LogP contribution in [-0.4, -0.2) is 19.5 Å². The average Bonchev–Trinajstić information content (AvgIpc) is 2.96. The second-order valence-electron chi connectivity index (χ2n) is 8.63. The van der Waals surface area contributed by atoms with E-state index in [1.807, 2.05) is 24.3 Å². The first-order chi connectivity index (χ1) is 12.8. The van der Waals surface area contributed by atoms with E-state index in [-0.39, 0.29) is 5.41 Å². The molecule has 0 radical (unpaired) electrons. The van der Waals surface area contributed by atoms with Crippen molar-refractivity contribution in [1.82, 2.24) is 19.5 Å². The van der Waals surface area contributed by atoms with Crippen molar-refractivity contribution in [2.45, 2.75) is 46.6 Å². The first-order valence-corrected chi connectivity index (χ1v) is 9.57. The summed E-state index contributed by atoms with van der Waals surface area (Å²) in [5.41, 5.74) is 5.92. The van der Waals surface area contributed by atoms with Crippen LogP contribution in [0.4, 0.5) is 0 Å². The lowest BCUT2D eigenvalue weighted by molar-refractivity contribution is 0.534. The van der Waals surface area contributed by atoms with E-state index < -0.39 is 0 Å². The minimum atomic E-state index is 0.136. The summed E-state index contributed by atoms with van der Waals surface area (Å²) in [4.78, 5) is 14.5. The molecule has 0 saturated carbocycles. The Hall–Kier alpha value is -2.75. The van der Waals surface area contributed by atoms with Gasteiger partial charge in [-0.2, -0.15) is 0 Å². The number of hydrogen-bond acceptors (Lipinski definition) is 3. The maximum absolute atomic E-state index is 4.87. The first kappa shape index (κ1) is 17.7. The highest BCUT2D eigenvalue weighted by Crippen LogP contribution is 2.28. The van der Waals surface area contributed by atoms with Crippen LogP contribution in [0.3, 0.4) is 0 Å². The van der Waals surface area contributed by atoms with Crippen molar-refractivity contribution < 1.29 is 0 Å². The van der Waals surface area contributed by atoms with Gasteiger partial charge in [0, 0.05) is 12.1 Å². The maximum atomic E-state index is 4.87.